The predicted octanol–water partition coefficient (Wildman–Crippen LogP) is 1.29. The van der Waals surface area contributed by atoms with E-state index >= 15 is 0 Å². The minimum absolute atomic E-state index is 0.0449. The summed E-state index contributed by atoms with van der Waals surface area (Å²) in [6.45, 7) is 6.81. The largest absolute Gasteiger partial charge is 0.480 e. The van der Waals surface area contributed by atoms with Crippen molar-refractivity contribution in [3.8, 4) is 0 Å². The zero-order valence-corrected chi connectivity index (χ0v) is 12.4. The molecule has 1 aliphatic heterocycles. The Morgan fingerprint density at radius 1 is 1.25 bits per heavy atom. The van der Waals surface area contributed by atoms with Gasteiger partial charge in [-0.05, 0) is 18.3 Å². The van der Waals surface area contributed by atoms with Crippen LogP contribution in [0.1, 0.15) is 47.0 Å². The normalized spacial score (nSPS) is 31.7. The summed E-state index contributed by atoms with van der Waals surface area (Å²) in [5.74, 6) is -2.63. The van der Waals surface area contributed by atoms with Gasteiger partial charge in [-0.25, -0.2) is 0 Å². The van der Waals surface area contributed by atoms with Crippen LogP contribution in [0.5, 0.6) is 0 Å². The summed E-state index contributed by atoms with van der Waals surface area (Å²) in [6.07, 6.45) is 0.199. The number of carboxylic acid groups (broad SMARTS) is 2. The van der Waals surface area contributed by atoms with Gasteiger partial charge in [0, 0.05) is 13.0 Å². The highest BCUT2D eigenvalue weighted by Gasteiger charge is 2.55. The minimum atomic E-state index is -1.53. The van der Waals surface area contributed by atoms with E-state index in [-0.39, 0.29) is 25.8 Å². The van der Waals surface area contributed by atoms with Crippen LogP contribution in [-0.2, 0) is 14.4 Å². The van der Waals surface area contributed by atoms with Crippen molar-refractivity contribution in [1.82, 2.24) is 5.32 Å². The summed E-state index contributed by atoms with van der Waals surface area (Å²) in [5.41, 5.74) is -3.46. The average Bonchev–Trinajstić information content (AvgIpc) is 2.46. The number of carboxylic acids is 2. The Labute approximate surface area is 118 Å². The first-order chi connectivity index (χ1) is 9.03. The van der Waals surface area contributed by atoms with Crippen molar-refractivity contribution >= 4 is 17.7 Å². The van der Waals surface area contributed by atoms with E-state index < -0.39 is 34.1 Å². The molecule has 1 fully saturated rings. The van der Waals surface area contributed by atoms with E-state index in [1.54, 1.807) is 27.7 Å². The maximum atomic E-state index is 12.2. The van der Waals surface area contributed by atoms with Gasteiger partial charge in [0.25, 0.3) is 0 Å². The van der Waals surface area contributed by atoms with Crippen LogP contribution >= 0.6 is 0 Å². The molecule has 6 heteroatoms. The second-order valence-corrected chi connectivity index (χ2v) is 6.48. The molecule has 1 heterocycles. The van der Waals surface area contributed by atoms with Crippen LogP contribution in [-0.4, -0.2) is 40.0 Å². The molecule has 1 rings (SSSR count). The standard InChI is InChI=1S/C14H23NO5/c1-5-13(10(17)18)8-15-14(11(19)20,12(2,3)4)7-6-9(13)16/h15H,5-8H2,1-4H3,(H,17,18)(H,19,20). The SMILES string of the molecule is CCC1(C(=O)O)CNC(C(=O)O)(C(C)(C)C)CCC1=O. The molecule has 1 saturated heterocycles. The van der Waals surface area contributed by atoms with E-state index in [1.807, 2.05) is 0 Å². The summed E-state index contributed by atoms with van der Waals surface area (Å²) < 4.78 is 0. The topological polar surface area (TPSA) is 104 Å². The van der Waals surface area contributed by atoms with Gasteiger partial charge in [-0.3, -0.25) is 19.7 Å². The highest BCUT2D eigenvalue weighted by Crippen LogP contribution is 2.40. The van der Waals surface area contributed by atoms with Gasteiger partial charge in [0.05, 0.1) is 0 Å². The van der Waals surface area contributed by atoms with Crippen LogP contribution in [0, 0.1) is 10.8 Å². The van der Waals surface area contributed by atoms with Crippen LogP contribution in [0.15, 0.2) is 0 Å². The molecule has 0 aliphatic carbocycles. The van der Waals surface area contributed by atoms with Gasteiger partial charge in [-0.1, -0.05) is 27.7 Å². The van der Waals surface area contributed by atoms with Gasteiger partial charge >= 0.3 is 11.9 Å². The number of carbonyl (C=O) groups is 3. The Bertz CT molecular complexity index is 439. The monoisotopic (exact) mass is 285 g/mol. The molecule has 0 radical (unpaired) electrons. The molecule has 0 aromatic heterocycles. The number of aliphatic carboxylic acids is 2. The first-order valence-electron chi connectivity index (χ1n) is 6.78. The maximum absolute atomic E-state index is 12.2. The number of hydrogen-bond acceptors (Lipinski definition) is 4. The van der Waals surface area contributed by atoms with Gasteiger partial charge in [-0.15, -0.1) is 0 Å². The molecule has 2 unspecified atom stereocenters. The molecule has 0 aromatic carbocycles. The molecule has 0 bridgehead atoms. The van der Waals surface area contributed by atoms with E-state index in [1.165, 1.54) is 0 Å². The van der Waals surface area contributed by atoms with E-state index in [2.05, 4.69) is 5.32 Å². The van der Waals surface area contributed by atoms with Crippen LogP contribution < -0.4 is 5.32 Å². The number of Topliss-reactive ketones (excluding diaryl/α,β-unsaturated/α-hetero) is 1. The summed E-state index contributed by atoms with van der Waals surface area (Å²) >= 11 is 0. The molecule has 0 amide bonds. The molecule has 3 N–H and O–H groups in total. The van der Waals surface area contributed by atoms with E-state index in [4.69, 9.17) is 0 Å². The number of rotatable bonds is 3. The molecule has 0 aromatic rings. The van der Waals surface area contributed by atoms with Gasteiger partial charge in [0.1, 0.15) is 11.0 Å². The van der Waals surface area contributed by atoms with Crippen molar-refractivity contribution in [1.29, 1.82) is 0 Å². The van der Waals surface area contributed by atoms with Crippen LogP contribution in [0.4, 0.5) is 0 Å². The van der Waals surface area contributed by atoms with Crippen molar-refractivity contribution in [2.24, 2.45) is 10.8 Å². The van der Waals surface area contributed by atoms with Crippen molar-refractivity contribution in [3.05, 3.63) is 0 Å². The Hall–Kier alpha value is -1.43. The molecule has 1 aliphatic rings. The lowest BCUT2D eigenvalue weighted by molar-refractivity contribution is -0.156. The fourth-order valence-electron chi connectivity index (χ4n) is 2.84. The third kappa shape index (κ3) is 2.32. The Kier molecular flexibility index (Phi) is 4.29. The van der Waals surface area contributed by atoms with Crippen LogP contribution in [0.2, 0.25) is 0 Å². The van der Waals surface area contributed by atoms with Crippen molar-refractivity contribution < 1.29 is 24.6 Å². The van der Waals surface area contributed by atoms with Crippen LogP contribution in [0.3, 0.4) is 0 Å². The molecule has 6 nitrogen and oxygen atoms in total. The molecule has 0 saturated carbocycles. The lowest BCUT2D eigenvalue weighted by atomic mass is 9.71. The van der Waals surface area contributed by atoms with Gasteiger partial charge < -0.3 is 10.2 Å². The Balaban J connectivity index is 3.27. The molecular weight excluding hydrogens is 262 g/mol. The quantitative estimate of drug-likeness (QED) is 0.675. The Morgan fingerprint density at radius 2 is 1.80 bits per heavy atom. The fraction of sp³-hybridized carbons (Fsp3) is 0.786. The van der Waals surface area contributed by atoms with Crippen molar-refractivity contribution in [2.45, 2.75) is 52.5 Å². The molecule has 114 valence electrons. The second-order valence-electron chi connectivity index (χ2n) is 6.48. The van der Waals surface area contributed by atoms with Gasteiger partial charge in [0.15, 0.2) is 5.78 Å². The molecule has 0 spiro atoms. The summed E-state index contributed by atoms with van der Waals surface area (Å²) in [6, 6.07) is 0. The zero-order chi connectivity index (χ0) is 15.8. The zero-order valence-electron chi connectivity index (χ0n) is 12.4. The third-order valence-electron chi connectivity index (χ3n) is 4.61. The second kappa shape index (κ2) is 5.16. The highest BCUT2D eigenvalue weighted by atomic mass is 16.4. The lowest BCUT2D eigenvalue weighted by Crippen LogP contribution is -2.62. The van der Waals surface area contributed by atoms with E-state index in [9.17, 15) is 24.6 Å². The van der Waals surface area contributed by atoms with Crippen LogP contribution in [0.25, 0.3) is 0 Å². The third-order valence-corrected chi connectivity index (χ3v) is 4.61. The molecular formula is C14H23NO5. The first kappa shape index (κ1) is 16.6. The molecule has 2 atom stereocenters. The average molecular weight is 285 g/mol. The highest BCUT2D eigenvalue weighted by molar-refractivity contribution is 6.04. The molecule has 20 heavy (non-hydrogen) atoms. The number of hydrogen-bond donors (Lipinski definition) is 3. The smallest absolute Gasteiger partial charge is 0.324 e. The minimum Gasteiger partial charge on any atom is -0.480 e. The predicted molar refractivity (Wildman–Crippen MR) is 72.4 cm³/mol. The van der Waals surface area contributed by atoms with E-state index in [0.717, 1.165) is 0 Å². The van der Waals surface area contributed by atoms with Crippen molar-refractivity contribution in [2.75, 3.05) is 6.54 Å². The van der Waals surface area contributed by atoms with Gasteiger partial charge in [0.2, 0.25) is 0 Å². The summed E-state index contributed by atoms with van der Waals surface area (Å²) in [7, 11) is 0. The maximum Gasteiger partial charge on any atom is 0.324 e. The Morgan fingerprint density at radius 3 is 2.15 bits per heavy atom. The van der Waals surface area contributed by atoms with Crippen molar-refractivity contribution in [3.63, 3.8) is 0 Å². The number of carbonyl (C=O) groups excluding carboxylic acids is 1. The van der Waals surface area contributed by atoms with E-state index in [0.29, 0.717) is 0 Å². The summed E-state index contributed by atoms with van der Waals surface area (Å²) in [4.78, 5) is 35.5. The van der Waals surface area contributed by atoms with Gasteiger partial charge in [-0.2, -0.15) is 0 Å². The number of ketones is 1. The first-order valence-corrected chi connectivity index (χ1v) is 6.78. The number of nitrogens with one attached hydrogen (secondary N) is 1. The lowest BCUT2D eigenvalue weighted by Gasteiger charge is -2.41. The fourth-order valence-corrected chi connectivity index (χ4v) is 2.84. The summed E-state index contributed by atoms with van der Waals surface area (Å²) in [5, 5.41) is 21.9.